The third-order valence-corrected chi connectivity index (χ3v) is 4.34. The summed E-state index contributed by atoms with van der Waals surface area (Å²) < 4.78 is 5.63. The van der Waals surface area contributed by atoms with Gasteiger partial charge in [-0.2, -0.15) is 0 Å². The first-order valence-electron chi connectivity index (χ1n) is 10.2. The van der Waals surface area contributed by atoms with Crippen LogP contribution in [0.1, 0.15) is 64.2 Å². The summed E-state index contributed by atoms with van der Waals surface area (Å²) in [6.45, 7) is 1.22. The number of hydrogen-bond acceptors (Lipinski definition) is 4. The van der Waals surface area contributed by atoms with E-state index in [0.29, 0.717) is 6.54 Å². The van der Waals surface area contributed by atoms with Crippen molar-refractivity contribution < 1.29 is 19.4 Å². The zero-order valence-electron chi connectivity index (χ0n) is 16.7. The molecule has 0 heterocycles. The number of carbonyl (C=O) groups excluding carboxylic acids is 2. The maximum absolute atomic E-state index is 10.9. The first kappa shape index (κ1) is 23.5. The molecule has 0 bridgehead atoms. The molecule has 0 aliphatic rings. The number of nitrogens with two attached hydrogens (primary N) is 1. The maximum Gasteiger partial charge on any atom is 0.309 e. The molecule has 0 saturated heterocycles. The minimum Gasteiger partial charge on any atom is -0.508 e. The molecule has 6 heteroatoms. The fraction of sp³-hybridized carbons (Fsp3) is 0.545. The zero-order valence-corrected chi connectivity index (χ0v) is 16.7. The lowest BCUT2D eigenvalue weighted by Crippen LogP contribution is -2.36. The average molecular weight is 391 g/mol. The van der Waals surface area contributed by atoms with Crippen molar-refractivity contribution in [2.75, 3.05) is 13.2 Å². The van der Waals surface area contributed by atoms with Gasteiger partial charge in [-0.25, -0.2) is 0 Å². The first-order valence-corrected chi connectivity index (χ1v) is 10.2. The number of phenols is 1. The van der Waals surface area contributed by atoms with Gasteiger partial charge in [0.05, 0.1) is 6.61 Å². The van der Waals surface area contributed by atoms with Gasteiger partial charge >= 0.3 is 11.8 Å². The average Bonchev–Trinajstić information content (AvgIpc) is 2.68. The number of phenolic OH excluding ortho intramolecular Hbond substituents is 1. The fourth-order valence-electron chi connectivity index (χ4n) is 2.72. The maximum atomic E-state index is 10.9. The van der Waals surface area contributed by atoms with E-state index >= 15 is 0 Å². The molecule has 0 aromatic heterocycles. The lowest BCUT2D eigenvalue weighted by atomic mass is 10.1. The van der Waals surface area contributed by atoms with Crippen LogP contribution in [0.5, 0.6) is 11.5 Å². The molecular weight excluding hydrogens is 356 g/mol. The van der Waals surface area contributed by atoms with Crippen molar-refractivity contribution in [1.29, 1.82) is 0 Å². The van der Waals surface area contributed by atoms with E-state index < -0.39 is 11.8 Å². The minimum atomic E-state index is -0.926. The zero-order chi connectivity index (χ0) is 20.5. The smallest absolute Gasteiger partial charge is 0.309 e. The molecule has 156 valence electrons. The number of hydrogen-bond donors (Lipinski definition) is 3. The van der Waals surface area contributed by atoms with Crippen LogP contribution in [0.15, 0.2) is 36.4 Å². The van der Waals surface area contributed by atoms with Gasteiger partial charge in [0, 0.05) is 6.54 Å². The molecular formula is C22H34N2O4. The van der Waals surface area contributed by atoms with E-state index in [2.05, 4.69) is 17.5 Å². The van der Waals surface area contributed by atoms with Crippen molar-refractivity contribution in [2.45, 2.75) is 64.2 Å². The van der Waals surface area contributed by atoms with Gasteiger partial charge in [-0.1, -0.05) is 37.8 Å². The second-order valence-corrected chi connectivity index (χ2v) is 6.84. The molecule has 0 unspecified atom stereocenters. The van der Waals surface area contributed by atoms with Gasteiger partial charge in [-0.3, -0.25) is 9.59 Å². The van der Waals surface area contributed by atoms with E-state index in [-0.39, 0.29) is 5.75 Å². The Morgan fingerprint density at radius 3 is 2.11 bits per heavy atom. The van der Waals surface area contributed by atoms with Crippen LogP contribution in [0.4, 0.5) is 0 Å². The Bertz CT molecular complexity index is 585. The molecule has 6 nitrogen and oxygen atoms in total. The summed E-state index contributed by atoms with van der Waals surface area (Å²) in [5, 5.41) is 11.7. The summed E-state index contributed by atoms with van der Waals surface area (Å²) in [6, 6.07) is 6.83. The van der Waals surface area contributed by atoms with Crippen molar-refractivity contribution in [3.05, 3.63) is 36.4 Å². The normalized spacial score (nSPS) is 10.9. The van der Waals surface area contributed by atoms with Crippen LogP contribution in [-0.4, -0.2) is 30.1 Å². The third kappa shape index (κ3) is 12.8. The predicted molar refractivity (Wildman–Crippen MR) is 111 cm³/mol. The van der Waals surface area contributed by atoms with Crippen LogP contribution in [0.2, 0.25) is 0 Å². The van der Waals surface area contributed by atoms with Crippen molar-refractivity contribution in [3.63, 3.8) is 0 Å². The lowest BCUT2D eigenvalue weighted by molar-refractivity contribution is -0.137. The SMILES string of the molecule is NC(=O)C(=O)NCCCCC/C=C\CCCCCCCOc1ccc(O)cc1. The summed E-state index contributed by atoms with van der Waals surface area (Å²) in [7, 11) is 0. The number of allylic oxidation sites excluding steroid dienone is 2. The lowest BCUT2D eigenvalue weighted by Gasteiger charge is -2.06. The van der Waals surface area contributed by atoms with E-state index in [0.717, 1.165) is 50.9 Å². The van der Waals surface area contributed by atoms with Crippen molar-refractivity contribution in [1.82, 2.24) is 5.32 Å². The van der Waals surface area contributed by atoms with Crippen LogP contribution in [0.3, 0.4) is 0 Å². The van der Waals surface area contributed by atoms with Crippen LogP contribution in [0.25, 0.3) is 0 Å². The molecule has 0 radical (unpaired) electrons. The number of amides is 2. The van der Waals surface area contributed by atoms with Gasteiger partial charge in [0.25, 0.3) is 0 Å². The van der Waals surface area contributed by atoms with Crippen molar-refractivity contribution in [2.24, 2.45) is 5.73 Å². The molecule has 1 aromatic rings. The van der Waals surface area contributed by atoms with E-state index in [1.165, 1.54) is 25.7 Å². The second-order valence-electron chi connectivity index (χ2n) is 6.84. The molecule has 0 atom stereocenters. The van der Waals surface area contributed by atoms with Gasteiger partial charge in [0.1, 0.15) is 11.5 Å². The Morgan fingerprint density at radius 1 is 0.893 bits per heavy atom. The van der Waals surface area contributed by atoms with Gasteiger partial charge in [-0.05, 0) is 62.8 Å². The fourth-order valence-corrected chi connectivity index (χ4v) is 2.72. The molecule has 0 aliphatic heterocycles. The molecule has 0 aliphatic carbocycles. The number of unbranched alkanes of at least 4 members (excludes halogenated alkanes) is 8. The Morgan fingerprint density at radius 2 is 1.46 bits per heavy atom. The number of rotatable bonds is 15. The summed E-state index contributed by atoms with van der Waals surface area (Å²) in [5.41, 5.74) is 4.85. The number of aromatic hydroxyl groups is 1. The highest BCUT2D eigenvalue weighted by Gasteiger charge is 2.05. The number of benzene rings is 1. The van der Waals surface area contributed by atoms with Crippen LogP contribution >= 0.6 is 0 Å². The van der Waals surface area contributed by atoms with Crippen LogP contribution in [0, 0.1) is 0 Å². The molecule has 1 aromatic carbocycles. The summed E-state index contributed by atoms with van der Waals surface area (Å²) >= 11 is 0. The highest BCUT2D eigenvalue weighted by Crippen LogP contribution is 2.16. The van der Waals surface area contributed by atoms with E-state index in [9.17, 15) is 14.7 Å². The number of nitrogens with one attached hydrogen (secondary N) is 1. The Hall–Kier alpha value is -2.50. The highest BCUT2D eigenvalue weighted by molar-refractivity contribution is 6.34. The summed E-state index contributed by atoms with van der Waals surface area (Å²) in [5.74, 6) is -0.568. The largest absolute Gasteiger partial charge is 0.508 e. The van der Waals surface area contributed by atoms with E-state index in [4.69, 9.17) is 10.5 Å². The van der Waals surface area contributed by atoms with E-state index in [1.807, 2.05) is 0 Å². The molecule has 0 spiro atoms. The minimum absolute atomic E-state index is 0.258. The van der Waals surface area contributed by atoms with Crippen LogP contribution < -0.4 is 15.8 Å². The molecule has 4 N–H and O–H groups in total. The van der Waals surface area contributed by atoms with E-state index in [1.54, 1.807) is 24.3 Å². The first-order chi connectivity index (χ1) is 13.6. The summed E-state index contributed by atoms with van der Waals surface area (Å²) in [4.78, 5) is 21.5. The second kappa shape index (κ2) is 15.5. The van der Waals surface area contributed by atoms with Gasteiger partial charge in [0.15, 0.2) is 0 Å². The highest BCUT2D eigenvalue weighted by atomic mass is 16.5. The topological polar surface area (TPSA) is 102 Å². The Kier molecular flexibility index (Phi) is 13.1. The Balaban J connectivity index is 1.81. The van der Waals surface area contributed by atoms with Crippen molar-refractivity contribution in [3.8, 4) is 11.5 Å². The number of primary amides is 1. The van der Waals surface area contributed by atoms with Gasteiger partial charge < -0.3 is 20.9 Å². The van der Waals surface area contributed by atoms with Crippen molar-refractivity contribution >= 4 is 11.8 Å². The molecule has 1 rings (SSSR count). The Labute approximate surface area is 168 Å². The quantitative estimate of drug-likeness (QED) is 0.241. The van der Waals surface area contributed by atoms with Crippen LogP contribution in [-0.2, 0) is 9.59 Å². The number of ether oxygens (including phenoxy) is 1. The molecule has 0 saturated carbocycles. The number of carbonyl (C=O) groups is 2. The molecule has 28 heavy (non-hydrogen) atoms. The summed E-state index contributed by atoms with van der Waals surface area (Å²) in [6.07, 6.45) is 15.5. The van der Waals surface area contributed by atoms with Gasteiger partial charge in [-0.15, -0.1) is 0 Å². The predicted octanol–water partition coefficient (Wildman–Crippen LogP) is 3.83. The third-order valence-electron chi connectivity index (χ3n) is 4.34. The van der Waals surface area contributed by atoms with Gasteiger partial charge in [0.2, 0.25) is 0 Å². The standard InChI is InChI=1S/C22H34N2O4/c23-21(26)22(27)24-17-11-9-7-5-3-1-2-4-6-8-10-12-18-28-20-15-13-19(25)14-16-20/h1,3,13-16,25H,2,4-12,17-18H2,(H2,23,26)(H,24,27)/b3-1-. The monoisotopic (exact) mass is 390 g/mol. The molecule has 2 amide bonds. The molecule has 0 fully saturated rings.